The first kappa shape index (κ1) is 14.6. The lowest BCUT2D eigenvalue weighted by atomic mass is 10.1. The molecule has 0 aromatic heterocycles. The molecular formula is C17H18ClNO. The molecule has 0 fully saturated rings. The van der Waals surface area contributed by atoms with Gasteiger partial charge in [-0.3, -0.25) is 4.99 Å². The fraction of sp³-hybridized carbons (Fsp3) is 0.235. The number of para-hydroxylation sites is 1. The van der Waals surface area contributed by atoms with Gasteiger partial charge in [0.25, 0.3) is 0 Å². The summed E-state index contributed by atoms with van der Waals surface area (Å²) in [5, 5.41) is 10.6. The predicted octanol–water partition coefficient (Wildman–Crippen LogP) is 4.98. The molecule has 0 spiro atoms. The van der Waals surface area contributed by atoms with Crippen molar-refractivity contribution in [3.05, 3.63) is 57.6 Å². The van der Waals surface area contributed by atoms with Crippen LogP contribution in [0.25, 0.3) is 0 Å². The summed E-state index contributed by atoms with van der Waals surface area (Å²) < 4.78 is 0. The molecule has 0 aliphatic carbocycles. The van der Waals surface area contributed by atoms with Crippen LogP contribution in [0.3, 0.4) is 0 Å². The Morgan fingerprint density at radius 3 is 2.65 bits per heavy atom. The number of hydrogen-bond donors (Lipinski definition) is 1. The number of nitrogens with zero attached hydrogens (tertiary/aromatic N) is 1. The van der Waals surface area contributed by atoms with Crippen LogP contribution >= 0.6 is 11.6 Å². The normalized spacial score (nSPS) is 11.2. The molecule has 0 bridgehead atoms. The average Bonchev–Trinajstić information content (AvgIpc) is 2.42. The molecule has 2 aromatic rings. The number of phenolic OH excluding ortho intramolecular Hbond substituents is 1. The number of phenols is 1. The third kappa shape index (κ3) is 3.02. The summed E-state index contributed by atoms with van der Waals surface area (Å²) in [6, 6.07) is 9.60. The summed E-state index contributed by atoms with van der Waals surface area (Å²) in [5.74, 6) is 0.227. The maximum Gasteiger partial charge on any atom is 0.127 e. The zero-order valence-corrected chi connectivity index (χ0v) is 12.7. The molecule has 0 saturated carbocycles. The highest BCUT2D eigenvalue weighted by atomic mass is 35.5. The van der Waals surface area contributed by atoms with Crippen molar-refractivity contribution >= 4 is 23.5 Å². The van der Waals surface area contributed by atoms with E-state index in [4.69, 9.17) is 11.6 Å². The van der Waals surface area contributed by atoms with Crippen LogP contribution in [-0.2, 0) is 6.42 Å². The summed E-state index contributed by atoms with van der Waals surface area (Å²) in [5.41, 5.74) is 4.67. The van der Waals surface area contributed by atoms with E-state index in [9.17, 15) is 5.11 Å². The molecule has 0 saturated heterocycles. The number of hydrogen-bond acceptors (Lipinski definition) is 2. The Hall–Kier alpha value is -1.80. The fourth-order valence-electron chi connectivity index (χ4n) is 2.18. The first-order valence-electron chi connectivity index (χ1n) is 6.64. The molecule has 2 aromatic carbocycles. The SMILES string of the molecule is CCc1cccc(C)c1N=Cc1cc(Cl)cc(C)c1O. The zero-order valence-electron chi connectivity index (χ0n) is 11.9. The molecule has 0 aliphatic heterocycles. The van der Waals surface area contributed by atoms with Crippen LogP contribution in [0.5, 0.6) is 5.75 Å². The van der Waals surface area contributed by atoms with Crippen LogP contribution < -0.4 is 0 Å². The van der Waals surface area contributed by atoms with E-state index in [1.165, 1.54) is 5.56 Å². The van der Waals surface area contributed by atoms with Crippen molar-refractivity contribution in [1.82, 2.24) is 0 Å². The quantitative estimate of drug-likeness (QED) is 0.794. The smallest absolute Gasteiger partial charge is 0.127 e. The van der Waals surface area contributed by atoms with Crippen LogP contribution in [-0.4, -0.2) is 11.3 Å². The first-order valence-corrected chi connectivity index (χ1v) is 7.02. The van der Waals surface area contributed by atoms with Crippen LogP contribution in [0.1, 0.15) is 29.2 Å². The van der Waals surface area contributed by atoms with Gasteiger partial charge in [-0.2, -0.15) is 0 Å². The molecule has 0 heterocycles. The lowest BCUT2D eigenvalue weighted by Crippen LogP contribution is -1.89. The van der Waals surface area contributed by atoms with E-state index in [0.29, 0.717) is 10.6 Å². The van der Waals surface area contributed by atoms with E-state index in [0.717, 1.165) is 23.2 Å². The maximum atomic E-state index is 10.0. The molecule has 0 unspecified atom stereocenters. The van der Waals surface area contributed by atoms with Gasteiger partial charge in [-0.25, -0.2) is 0 Å². The van der Waals surface area contributed by atoms with Gasteiger partial charge < -0.3 is 5.11 Å². The molecule has 104 valence electrons. The standard InChI is InChI=1S/C17H18ClNO/c1-4-13-7-5-6-11(2)16(13)19-10-14-9-15(18)8-12(3)17(14)20/h5-10,20H,4H2,1-3H3. The highest BCUT2D eigenvalue weighted by Gasteiger charge is 2.06. The van der Waals surface area contributed by atoms with Gasteiger partial charge in [0.1, 0.15) is 5.75 Å². The first-order chi connectivity index (χ1) is 9.52. The van der Waals surface area contributed by atoms with E-state index >= 15 is 0 Å². The minimum Gasteiger partial charge on any atom is -0.507 e. The van der Waals surface area contributed by atoms with E-state index in [1.54, 1.807) is 18.3 Å². The van der Waals surface area contributed by atoms with Crippen molar-refractivity contribution in [1.29, 1.82) is 0 Å². The zero-order chi connectivity index (χ0) is 14.7. The Bertz CT molecular complexity index is 662. The lowest BCUT2D eigenvalue weighted by molar-refractivity contribution is 0.470. The van der Waals surface area contributed by atoms with Gasteiger partial charge in [0.2, 0.25) is 0 Å². The largest absolute Gasteiger partial charge is 0.507 e. The van der Waals surface area contributed by atoms with Gasteiger partial charge in [0.05, 0.1) is 5.69 Å². The third-order valence-corrected chi connectivity index (χ3v) is 3.55. The topological polar surface area (TPSA) is 32.6 Å². The second-order valence-corrected chi connectivity index (χ2v) is 5.29. The number of halogens is 1. The number of rotatable bonds is 3. The molecule has 2 rings (SSSR count). The molecule has 0 atom stereocenters. The molecule has 20 heavy (non-hydrogen) atoms. The second-order valence-electron chi connectivity index (χ2n) is 4.85. The number of aryl methyl sites for hydroxylation is 3. The van der Waals surface area contributed by atoms with Crippen LogP contribution in [0.15, 0.2) is 35.3 Å². The number of aliphatic imine (C=N–C) groups is 1. The van der Waals surface area contributed by atoms with Crippen molar-refractivity contribution < 1.29 is 5.11 Å². The minimum atomic E-state index is 0.227. The van der Waals surface area contributed by atoms with Gasteiger partial charge in [0, 0.05) is 16.8 Å². The predicted molar refractivity (Wildman–Crippen MR) is 85.7 cm³/mol. The van der Waals surface area contributed by atoms with Crippen LogP contribution in [0.2, 0.25) is 5.02 Å². The summed E-state index contributed by atoms with van der Waals surface area (Å²) in [6.07, 6.45) is 2.60. The molecule has 0 radical (unpaired) electrons. The Morgan fingerprint density at radius 1 is 1.20 bits per heavy atom. The number of aromatic hydroxyl groups is 1. The molecule has 2 nitrogen and oxygen atoms in total. The van der Waals surface area contributed by atoms with Crippen molar-refractivity contribution in [2.45, 2.75) is 27.2 Å². The van der Waals surface area contributed by atoms with E-state index < -0.39 is 0 Å². The number of benzene rings is 2. The molecule has 3 heteroatoms. The van der Waals surface area contributed by atoms with Gasteiger partial charge in [-0.15, -0.1) is 0 Å². The van der Waals surface area contributed by atoms with Gasteiger partial charge in [-0.1, -0.05) is 36.7 Å². The lowest BCUT2D eigenvalue weighted by Gasteiger charge is -2.07. The Labute approximate surface area is 124 Å². The van der Waals surface area contributed by atoms with Crippen molar-refractivity contribution in [3.63, 3.8) is 0 Å². The maximum absolute atomic E-state index is 10.0. The van der Waals surface area contributed by atoms with E-state index in [1.807, 2.05) is 26.0 Å². The average molecular weight is 288 g/mol. The van der Waals surface area contributed by atoms with Crippen LogP contribution in [0.4, 0.5) is 5.69 Å². The highest BCUT2D eigenvalue weighted by molar-refractivity contribution is 6.31. The monoisotopic (exact) mass is 287 g/mol. The summed E-state index contributed by atoms with van der Waals surface area (Å²) >= 11 is 6.02. The molecular weight excluding hydrogens is 270 g/mol. The van der Waals surface area contributed by atoms with Gasteiger partial charge >= 0.3 is 0 Å². The Balaban J connectivity index is 2.45. The van der Waals surface area contributed by atoms with Gasteiger partial charge in [0.15, 0.2) is 0 Å². The summed E-state index contributed by atoms with van der Waals surface area (Å²) in [4.78, 5) is 4.55. The molecule has 0 amide bonds. The second kappa shape index (κ2) is 6.10. The van der Waals surface area contributed by atoms with Crippen molar-refractivity contribution in [2.75, 3.05) is 0 Å². The van der Waals surface area contributed by atoms with Gasteiger partial charge in [-0.05, 0) is 49.1 Å². The summed E-state index contributed by atoms with van der Waals surface area (Å²) in [6.45, 7) is 5.97. The molecule has 0 aliphatic rings. The van der Waals surface area contributed by atoms with E-state index in [2.05, 4.69) is 18.0 Å². The van der Waals surface area contributed by atoms with Crippen molar-refractivity contribution in [3.8, 4) is 5.75 Å². The van der Waals surface area contributed by atoms with Crippen molar-refractivity contribution in [2.24, 2.45) is 4.99 Å². The van der Waals surface area contributed by atoms with Crippen LogP contribution in [0, 0.1) is 13.8 Å². The minimum absolute atomic E-state index is 0.227. The third-order valence-electron chi connectivity index (χ3n) is 3.33. The Kier molecular flexibility index (Phi) is 4.46. The fourth-order valence-corrected chi connectivity index (χ4v) is 2.46. The summed E-state index contributed by atoms with van der Waals surface area (Å²) in [7, 11) is 0. The highest BCUT2D eigenvalue weighted by Crippen LogP contribution is 2.28. The molecule has 1 N–H and O–H groups in total. The van der Waals surface area contributed by atoms with E-state index in [-0.39, 0.29) is 5.75 Å². The Morgan fingerprint density at radius 2 is 1.95 bits per heavy atom.